The van der Waals surface area contributed by atoms with Crippen LogP contribution < -0.4 is 10.1 Å². The predicted molar refractivity (Wildman–Crippen MR) is 87.5 cm³/mol. The van der Waals surface area contributed by atoms with E-state index in [1.54, 1.807) is 31.2 Å². The van der Waals surface area contributed by atoms with Crippen LogP contribution in [0.5, 0.6) is 5.75 Å². The van der Waals surface area contributed by atoms with Gasteiger partial charge in [0.1, 0.15) is 11.6 Å². The summed E-state index contributed by atoms with van der Waals surface area (Å²) in [6.07, 6.45) is -0.370. The van der Waals surface area contributed by atoms with Crippen LogP contribution in [0.15, 0.2) is 48.5 Å². The number of benzene rings is 2. The van der Waals surface area contributed by atoms with E-state index in [0.29, 0.717) is 17.9 Å². The summed E-state index contributed by atoms with van der Waals surface area (Å²) in [7, 11) is 1.27. The van der Waals surface area contributed by atoms with Crippen molar-refractivity contribution in [2.24, 2.45) is 0 Å². The fourth-order valence-electron chi connectivity index (χ4n) is 2.09. The van der Waals surface area contributed by atoms with Gasteiger partial charge < -0.3 is 14.8 Å². The van der Waals surface area contributed by atoms with Gasteiger partial charge in [0.25, 0.3) is 5.91 Å². The summed E-state index contributed by atoms with van der Waals surface area (Å²) >= 11 is 0. The molecule has 2 rings (SSSR count). The first-order valence-corrected chi connectivity index (χ1v) is 7.45. The van der Waals surface area contributed by atoms with Crippen LogP contribution in [0.25, 0.3) is 0 Å². The second-order valence-electron chi connectivity index (χ2n) is 5.00. The molecule has 1 N–H and O–H groups in total. The van der Waals surface area contributed by atoms with E-state index in [0.717, 1.165) is 0 Å². The predicted octanol–water partition coefficient (Wildman–Crippen LogP) is 3.41. The van der Waals surface area contributed by atoms with E-state index in [-0.39, 0.29) is 11.4 Å². The van der Waals surface area contributed by atoms with E-state index in [1.165, 1.54) is 31.4 Å². The second-order valence-corrected chi connectivity index (χ2v) is 5.00. The molecule has 0 saturated carbocycles. The van der Waals surface area contributed by atoms with Gasteiger partial charge in [0.2, 0.25) is 0 Å². The zero-order valence-electron chi connectivity index (χ0n) is 13.4. The monoisotopic (exact) mass is 331 g/mol. The Balaban J connectivity index is 2.12. The number of nitrogens with one attached hydrogen (secondary N) is 1. The number of ether oxygens (including phenoxy) is 2. The van der Waals surface area contributed by atoms with Gasteiger partial charge in [-0.05, 0) is 42.8 Å². The molecule has 1 amide bonds. The van der Waals surface area contributed by atoms with Gasteiger partial charge in [0, 0.05) is 0 Å². The summed E-state index contributed by atoms with van der Waals surface area (Å²) in [5, 5.41) is 2.67. The quantitative estimate of drug-likeness (QED) is 0.824. The summed E-state index contributed by atoms with van der Waals surface area (Å²) in [4.78, 5) is 24.2. The lowest BCUT2D eigenvalue weighted by molar-refractivity contribution is -0.122. The van der Waals surface area contributed by atoms with Crippen LogP contribution in [0.4, 0.5) is 10.1 Å². The molecule has 2 aromatic carbocycles. The summed E-state index contributed by atoms with van der Waals surface area (Å²) in [6, 6.07) is 12.0. The van der Waals surface area contributed by atoms with Gasteiger partial charge in [-0.3, -0.25) is 4.79 Å². The third-order valence-corrected chi connectivity index (χ3v) is 3.35. The molecular weight excluding hydrogens is 313 g/mol. The van der Waals surface area contributed by atoms with E-state index < -0.39 is 18.0 Å². The summed E-state index contributed by atoms with van der Waals surface area (Å²) in [6.45, 7) is 1.79. The van der Waals surface area contributed by atoms with Crippen LogP contribution in [-0.4, -0.2) is 25.1 Å². The molecule has 0 heterocycles. The van der Waals surface area contributed by atoms with Crippen LogP contribution >= 0.6 is 0 Å². The number of para-hydroxylation sites is 1. The molecule has 126 valence electrons. The highest BCUT2D eigenvalue weighted by atomic mass is 19.1. The van der Waals surface area contributed by atoms with Crippen LogP contribution in [0.1, 0.15) is 23.7 Å². The van der Waals surface area contributed by atoms with Gasteiger partial charge in [0.15, 0.2) is 6.10 Å². The number of hydrogen-bond acceptors (Lipinski definition) is 4. The first-order valence-electron chi connectivity index (χ1n) is 7.45. The molecule has 0 aliphatic rings. The van der Waals surface area contributed by atoms with Gasteiger partial charge >= 0.3 is 5.97 Å². The Labute approximate surface area is 139 Å². The number of halogens is 1. The number of rotatable bonds is 6. The van der Waals surface area contributed by atoms with Crippen LogP contribution in [0.2, 0.25) is 0 Å². The van der Waals surface area contributed by atoms with E-state index >= 15 is 0 Å². The molecule has 24 heavy (non-hydrogen) atoms. The van der Waals surface area contributed by atoms with Crippen molar-refractivity contribution in [3.63, 3.8) is 0 Å². The Morgan fingerprint density at radius 2 is 1.79 bits per heavy atom. The molecule has 0 radical (unpaired) electrons. The minimum Gasteiger partial charge on any atom is -0.481 e. The van der Waals surface area contributed by atoms with Crippen molar-refractivity contribution in [2.45, 2.75) is 19.4 Å². The van der Waals surface area contributed by atoms with Crippen molar-refractivity contribution in [2.75, 3.05) is 12.4 Å². The first kappa shape index (κ1) is 17.5. The number of methoxy groups -OCH3 is 1. The molecule has 0 fully saturated rings. The largest absolute Gasteiger partial charge is 0.481 e. The molecule has 0 spiro atoms. The van der Waals surface area contributed by atoms with E-state index in [9.17, 15) is 14.0 Å². The fraction of sp³-hybridized carbons (Fsp3) is 0.222. The van der Waals surface area contributed by atoms with E-state index in [4.69, 9.17) is 9.47 Å². The lowest BCUT2D eigenvalue weighted by Crippen LogP contribution is -2.33. The van der Waals surface area contributed by atoms with Gasteiger partial charge in [-0.1, -0.05) is 19.1 Å². The molecule has 0 aromatic heterocycles. The minimum absolute atomic E-state index is 0.255. The van der Waals surface area contributed by atoms with Gasteiger partial charge in [-0.25, -0.2) is 9.18 Å². The molecule has 5 nitrogen and oxygen atoms in total. The van der Waals surface area contributed by atoms with Crippen LogP contribution in [0, 0.1) is 5.82 Å². The van der Waals surface area contributed by atoms with Crippen LogP contribution in [-0.2, 0) is 9.53 Å². The Morgan fingerprint density at radius 1 is 1.12 bits per heavy atom. The van der Waals surface area contributed by atoms with Crippen molar-refractivity contribution < 1.29 is 23.5 Å². The third kappa shape index (κ3) is 4.32. The summed E-state index contributed by atoms with van der Waals surface area (Å²) < 4.78 is 23.2. The van der Waals surface area contributed by atoms with Gasteiger partial charge in [-0.15, -0.1) is 0 Å². The number of carbonyl (C=O) groups excluding carboxylic acids is 2. The number of anilines is 1. The molecule has 1 unspecified atom stereocenters. The SMILES string of the molecule is CCC(Oc1ccc(F)cc1)C(=O)Nc1ccccc1C(=O)OC. The zero-order chi connectivity index (χ0) is 17.5. The highest BCUT2D eigenvalue weighted by Gasteiger charge is 2.21. The number of hydrogen-bond donors (Lipinski definition) is 1. The maximum Gasteiger partial charge on any atom is 0.339 e. The van der Waals surface area contributed by atoms with Crippen molar-refractivity contribution in [1.82, 2.24) is 0 Å². The molecule has 0 saturated heterocycles. The Bertz CT molecular complexity index is 715. The Kier molecular flexibility index (Phi) is 5.89. The van der Waals surface area contributed by atoms with E-state index in [2.05, 4.69) is 5.32 Å². The Morgan fingerprint density at radius 3 is 2.42 bits per heavy atom. The minimum atomic E-state index is -0.777. The highest BCUT2D eigenvalue weighted by molar-refractivity contribution is 6.02. The fourth-order valence-corrected chi connectivity index (χ4v) is 2.09. The van der Waals surface area contributed by atoms with Gasteiger partial charge in [0.05, 0.1) is 18.4 Å². The molecule has 0 bridgehead atoms. The summed E-state index contributed by atoms with van der Waals surface area (Å²) in [5.74, 6) is -0.942. The molecule has 6 heteroatoms. The lowest BCUT2D eigenvalue weighted by atomic mass is 10.1. The normalized spacial score (nSPS) is 11.5. The van der Waals surface area contributed by atoms with Crippen molar-refractivity contribution in [3.05, 3.63) is 59.9 Å². The average Bonchev–Trinajstić information content (AvgIpc) is 2.61. The lowest BCUT2D eigenvalue weighted by Gasteiger charge is -2.18. The molecule has 2 aromatic rings. The highest BCUT2D eigenvalue weighted by Crippen LogP contribution is 2.19. The Hall–Kier alpha value is -2.89. The van der Waals surface area contributed by atoms with Crippen LogP contribution in [0.3, 0.4) is 0 Å². The third-order valence-electron chi connectivity index (χ3n) is 3.35. The summed E-state index contributed by atoms with van der Waals surface area (Å²) in [5.41, 5.74) is 0.598. The number of amides is 1. The topological polar surface area (TPSA) is 64.6 Å². The zero-order valence-corrected chi connectivity index (χ0v) is 13.4. The van der Waals surface area contributed by atoms with E-state index in [1.807, 2.05) is 0 Å². The maximum absolute atomic E-state index is 12.9. The van der Waals surface area contributed by atoms with Gasteiger partial charge in [-0.2, -0.15) is 0 Å². The number of carbonyl (C=O) groups is 2. The second kappa shape index (κ2) is 8.10. The maximum atomic E-state index is 12.9. The molecule has 0 aliphatic carbocycles. The number of esters is 1. The molecule has 0 aliphatic heterocycles. The molecular formula is C18H18FNO4. The molecule has 1 atom stereocenters. The smallest absolute Gasteiger partial charge is 0.339 e. The first-order chi connectivity index (χ1) is 11.5. The average molecular weight is 331 g/mol. The standard InChI is InChI=1S/C18H18FNO4/c1-3-16(24-13-10-8-12(19)9-11-13)17(21)20-15-7-5-4-6-14(15)18(22)23-2/h4-11,16H,3H2,1-2H3,(H,20,21). The van der Waals surface area contributed by atoms with Crippen molar-refractivity contribution >= 4 is 17.6 Å². The van der Waals surface area contributed by atoms with Crippen molar-refractivity contribution in [3.8, 4) is 5.75 Å². The van der Waals surface area contributed by atoms with Crippen molar-refractivity contribution in [1.29, 1.82) is 0 Å².